The second kappa shape index (κ2) is 9.04. The maximum atomic E-state index is 11.8. The molecule has 0 heterocycles. The Balaban J connectivity index is 3.09. The number of ether oxygens (including phenoxy) is 2. The number of benzene rings is 1. The second-order valence-electron chi connectivity index (χ2n) is 4.61. The number of methoxy groups -OCH3 is 2. The van der Waals surface area contributed by atoms with Crippen LogP contribution in [0.25, 0.3) is 6.08 Å². The molecular formula is C15H16BrNO6. The van der Waals surface area contributed by atoms with Crippen LogP contribution in [-0.4, -0.2) is 37.6 Å². The average molecular weight is 386 g/mol. The number of halogens is 1. The van der Waals surface area contributed by atoms with E-state index in [1.165, 1.54) is 6.08 Å². The Morgan fingerprint density at radius 2 is 1.74 bits per heavy atom. The lowest BCUT2D eigenvalue weighted by Crippen LogP contribution is -2.35. The van der Waals surface area contributed by atoms with Gasteiger partial charge in [-0.15, -0.1) is 0 Å². The first-order valence-electron chi connectivity index (χ1n) is 6.60. The van der Waals surface area contributed by atoms with Crippen LogP contribution in [0.4, 0.5) is 0 Å². The largest absolute Gasteiger partial charge is 0.468 e. The van der Waals surface area contributed by atoms with Gasteiger partial charge in [-0.2, -0.15) is 0 Å². The molecule has 1 rings (SSSR count). The van der Waals surface area contributed by atoms with Gasteiger partial charge in [-0.1, -0.05) is 40.2 Å². The van der Waals surface area contributed by atoms with Crippen molar-refractivity contribution in [2.24, 2.45) is 11.8 Å². The summed E-state index contributed by atoms with van der Waals surface area (Å²) in [6, 6.07) is 7.19. The van der Waals surface area contributed by atoms with Crippen LogP contribution < -0.4 is 0 Å². The highest BCUT2D eigenvalue weighted by Gasteiger charge is 2.38. The summed E-state index contributed by atoms with van der Waals surface area (Å²) in [5.41, 5.74) is 0.773. The second-order valence-corrected chi connectivity index (χ2v) is 5.53. The monoisotopic (exact) mass is 385 g/mol. The summed E-state index contributed by atoms with van der Waals surface area (Å²) < 4.78 is 10.0. The fraction of sp³-hybridized carbons (Fsp3) is 0.333. The third-order valence-corrected chi connectivity index (χ3v) is 3.63. The number of nitrogens with zero attached hydrogens (tertiary/aromatic N) is 1. The van der Waals surface area contributed by atoms with Crippen molar-refractivity contribution in [3.05, 3.63) is 50.5 Å². The first-order chi connectivity index (χ1) is 10.9. The lowest BCUT2D eigenvalue weighted by molar-refractivity contribution is -0.486. The van der Waals surface area contributed by atoms with Crippen LogP contribution in [-0.2, 0) is 19.1 Å². The highest BCUT2D eigenvalue weighted by molar-refractivity contribution is 9.10. The molecule has 1 aromatic carbocycles. The molecular weight excluding hydrogens is 370 g/mol. The van der Waals surface area contributed by atoms with Crippen molar-refractivity contribution in [2.45, 2.75) is 0 Å². The fourth-order valence-electron chi connectivity index (χ4n) is 1.96. The zero-order valence-corrected chi connectivity index (χ0v) is 14.2. The summed E-state index contributed by atoms with van der Waals surface area (Å²) in [6.07, 6.45) is 3.06. The van der Waals surface area contributed by atoms with Gasteiger partial charge in [0, 0.05) is 9.40 Å². The van der Waals surface area contributed by atoms with E-state index in [0.29, 0.717) is 0 Å². The van der Waals surface area contributed by atoms with Crippen molar-refractivity contribution >= 4 is 33.9 Å². The molecule has 0 aliphatic rings. The van der Waals surface area contributed by atoms with E-state index in [4.69, 9.17) is 0 Å². The zero-order chi connectivity index (χ0) is 17.4. The van der Waals surface area contributed by atoms with Gasteiger partial charge in [0.05, 0.1) is 20.1 Å². The van der Waals surface area contributed by atoms with Gasteiger partial charge >= 0.3 is 11.9 Å². The molecule has 0 saturated heterocycles. The molecule has 23 heavy (non-hydrogen) atoms. The van der Waals surface area contributed by atoms with Crippen LogP contribution in [0.1, 0.15) is 5.56 Å². The summed E-state index contributed by atoms with van der Waals surface area (Å²) in [7, 11) is 2.22. The van der Waals surface area contributed by atoms with E-state index in [-0.39, 0.29) is 0 Å². The van der Waals surface area contributed by atoms with Crippen LogP contribution >= 0.6 is 15.9 Å². The molecule has 0 radical (unpaired) electrons. The Kier molecular flexibility index (Phi) is 7.40. The molecule has 0 saturated carbocycles. The molecule has 0 bridgehead atoms. The number of esters is 2. The van der Waals surface area contributed by atoms with Gasteiger partial charge < -0.3 is 9.47 Å². The lowest BCUT2D eigenvalue weighted by Gasteiger charge is -2.17. The summed E-state index contributed by atoms with van der Waals surface area (Å²) in [4.78, 5) is 33.9. The number of nitro groups is 1. The molecule has 0 amide bonds. The van der Waals surface area contributed by atoms with E-state index < -0.39 is 35.2 Å². The molecule has 0 unspecified atom stereocenters. The van der Waals surface area contributed by atoms with Crippen molar-refractivity contribution in [1.82, 2.24) is 0 Å². The predicted octanol–water partition coefficient (Wildman–Crippen LogP) is 2.32. The van der Waals surface area contributed by atoms with Crippen molar-refractivity contribution in [3.63, 3.8) is 0 Å². The van der Waals surface area contributed by atoms with Gasteiger partial charge in [0.2, 0.25) is 6.54 Å². The Bertz CT molecular complexity index is 582. The maximum absolute atomic E-state index is 11.8. The third-order valence-electron chi connectivity index (χ3n) is 3.10. The maximum Gasteiger partial charge on any atom is 0.320 e. The lowest BCUT2D eigenvalue weighted by atomic mass is 9.91. The molecule has 0 fully saturated rings. The molecule has 0 N–H and O–H groups in total. The fourth-order valence-corrected chi connectivity index (χ4v) is 2.22. The van der Waals surface area contributed by atoms with Gasteiger partial charge in [0.15, 0.2) is 5.92 Å². The molecule has 7 nitrogen and oxygen atoms in total. The van der Waals surface area contributed by atoms with Crippen LogP contribution in [0, 0.1) is 22.0 Å². The highest BCUT2D eigenvalue weighted by atomic mass is 79.9. The summed E-state index contributed by atoms with van der Waals surface area (Å²) in [5.74, 6) is -4.11. The van der Waals surface area contributed by atoms with E-state index >= 15 is 0 Å². The quantitative estimate of drug-likeness (QED) is 0.309. The van der Waals surface area contributed by atoms with Crippen molar-refractivity contribution in [2.75, 3.05) is 20.8 Å². The van der Waals surface area contributed by atoms with E-state index in [9.17, 15) is 19.7 Å². The van der Waals surface area contributed by atoms with Gasteiger partial charge in [-0.3, -0.25) is 19.7 Å². The summed E-state index contributed by atoms with van der Waals surface area (Å²) >= 11 is 3.30. The van der Waals surface area contributed by atoms with Gasteiger partial charge in [-0.05, 0) is 17.7 Å². The number of carbonyl (C=O) groups excluding carboxylic acids is 2. The minimum atomic E-state index is -1.39. The number of carbonyl (C=O) groups is 2. The summed E-state index contributed by atoms with van der Waals surface area (Å²) in [6.45, 7) is -0.595. The molecule has 0 aliphatic carbocycles. The molecule has 0 aromatic heterocycles. The van der Waals surface area contributed by atoms with E-state index in [0.717, 1.165) is 24.3 Å². The third kappa shape index (κ3) is 5.82. The number of rotatable bonds is 7. The molecule has 1 aromatic rings. The minimum Gasteiger partial charge on any atom is -0.468 e. The molecule has 0 spiro atoms. The first-order valence-corrected chi connectivity index (χ1v) is 7.39. The topological polar surface area (TPSA) is 95.7 Å². The normalized spacial score (nSPS) is 12.2. The number of hydrogen-bond acceptors (Lipinski definition) is 6. The van der Waals surface area contributed by atoms with Crippen LogP contribution in [0.3, 0.4) is 0 Å². The van der Waals surface area contributed by atoms with Gasteiger partial charge in [0.1, 0.15) is 0 Å². The molecule has 8 heteroatoms. The van der Waals surface area contributed by atoms with E-state index in [2.05, 4.69) is 25.4 Å². The smallest absolute Gasteiger partial charge is 0.320 e. The predicted molar refractivity (Wildman–Crippen MR) is 86.0 cm³/mol. The highest BCUT2D eigenvalue weighted by Crippen LogP contribution is 2.20. The Morgan fingerprint density at radius 1 is 1.22 bits per heavy atom. The van der Waals surface area contributed by atoms with Gasteiger partial charge in [0.25, 0.3) is 0 Å². The Labute approximate surface area is 141 Å². The van der Waals surface area contributed by atoms with Crippen molar-refractivity contribution in [1.29, 1.82) is 0 Å². The minimum absolute atomic E-state index is 0.588. The summed E-state index contributed by atoms with van der Waals surface area (Å²) in [5, 5.41) is 10.9. The first kappa shape index (κ1) is 18.8. The zero-order valence-electron chi connectivity index (χ0n) is 12.6. The van der Waals surface area contributed by atoms with E-state index in [1.807, 2.05) is 0 Å². The standard InChI is InChI=1S/C15H16BrNO6/c1-22-14(18)13(15(19)23-2)11(9-17(20)21)6-3-10-4-7-12(16)8-5-10/h3-8,11,13H,9H2,1-2H3/b6-3+/t11-/m1/s1. The van der Waals surface area contributed by atoms with Crippen LogP contribution in [0.2, 0.25) is 0 Å². The van der Waals surface area contributed by atoms with E-state index in [1.54, 1.807) is 30.3 Å². The number of hydrogen-bond donors (Lipinski definition) is 0. The molecule has 0 aliphatic heterocycles. The van der Waals surface area contributed by atoms with Crippen LogP contribution in [0.5, 0.6) is 0 Å². The van der Waals surface area contributed by atoms with Crippen molar-refractivity contribution in [3.8, 4) is 0 Å². The van der Waals surface area contributed by atoms with Gasteiger partial charge in [-0.25, -0.2) is 0 Å². The van der Waals surface area contributed by atoms with Crippen molar-refractivity contribution < 1.29 is 24.0 Å². The SMILES string of the molecule is COC(=O)C(C(=O)OC)[C@H](/C=C/c1ccc(Br)cc1)C[N+](=O)[O-]. The van der Waals surface area contributed by atoms with Crippen LogP contribution in [0.15, 0.2) is 34.8 Å². The Morgan fingerprint density at radius 3 is 2.17 bits per heavy atom. The average Bonchev–Trinajstić information content (AvgIpc) is 2.53. The Hall–Kier alpha value is -2.22. The molecule has 124 valence electrons. The molecule has 1 atom stereocenters.